The zero-order chi connectivity index (χ0) is 19.6. The molecule has 5 rings (SSSR count). The van der Waals surface area contributed by atoms with Gasteiger partial charge in [0, 0.05) is 18.7 Å². The summed E-state index contributed by atoms with van der Waals surface area (Å²) >= 11 is 1.70. The van der Waals surface area contributed by atoms with E-state index in [2.05, 4.69) is 6.07 Å². The number of rotatable bonds is 5. The number of carbonyl (C=O) groups is 1. The third-order valence-electron chi connectivity index (χ3n) is 5.67. The summed E-state index contributed by atoms with van der Waals surface area (Å²) in [5.74, 6) is 0.846. The van der Waals surface area contributed by atoms with Crippen molar-refractivity contribution in [3.63, 3.8) is 0 Å². The quantitative estimate of drug-likeness (QED) is 0.607. The zero-order valence-corrected chi connectivity index (χ0v) is 17.1. The average molecular weight is 409 g/mol. The molecule has 29 heavy (non-hydrogen) atoms. The lowest BCUT2D eigenvalue weighted by Crippen LogP contribution is -2.30. The minimum atomic E-state index is 0.0651. The number of aromatic nitrogens is 1. The van der Waals surface area contributed by atoms with Crippen LogP contribution in [0.1, 0.15) is 47.1 Å². The molecule has 3 aromatic rings. The van der Waals surface area contributed by atoms with E-state index in [9.17, 15) is 4.79 Å². The Kier molecular flexibility index (Phi) is 5.21. The molecule has 0 saturated carbocycles. The van der Waals surface area contributed by atoms with E-state index in [-0.39, 0.29) is 18.1 Å². The molecule has 0 unspecified atom stereocenters. The molecule has 2 aliphatic rings. The van der Waals surface area contributed by atoms with Crippen LogP contribution in [0.3, 0.4) is 0 Å². The van der Waals surface area contributed by atoms with Gasteiger partial charge in [0.25, 0.3) is 5.91 Å². The molecule has 2 aliphatic heterocycles. The maximum absolute atomic E-state index is 13.2. The van der Waals surface area contributed by atoms with Crippen molar-refractivity contribution in [2.45, 2.75) is 37.8 Å². The normalized spacial score (nSPS) is 21.7. The second-order valence-electron chi connectivity index (χ2n) is 7.65. The number of likely N-dealkylation sites (tertiary alicyclic amines) is 1. The van der Waals surface area contributed by atoms with Gasteiger partial charge in [-0.2, -0.15) is 0 Å². The lowest BCUT2D eigenvalue weighted by molar-refractivity contribution is 0.0678. The van der Waals surface area contributed by atoms with Crippen molar-refractivity contribution in [3.8, 4) is 5.75 Å². The van der Waals surface area contributed by atoms with E-state index in [1.54, 1.807) is 11.3 Å². The molecule has 2 aromatic carbocycles. The zero-order valence-electron chi connectivity index (χ0n) is 16.3. The maximum atomic E-state index is 13.2. The van der Waals surface area contributed by atoms with Crippen molar-refractivity contribution in [1.29, 1.82) is 0 Å². The first kappa shape index (κ1) is 18.6. The van der Waals surface area contributed by atoms with Gasteiger partial charge in [0.1, 0.15) is 17.4 Å². The fraction of sp³-hybridized carbons (Fsp3) is 0.391. The van der Waals surface area contributed by atoms with Crippen LogP contribution in [-0.4, -0.2) is 41.7 Å². The van der Waals surface area contributed by atoms with Crippen LogP contribution in [-0.2, 0) is 4.74 Å². The van der Waals surface area contributed by atoms with Crippen LogP contribution < -0.4 is 4.74 Å². The third kappa shape index (κ3) is 3.87. The van der Waals surface area contributed by atoms with Gasteiger partial charge in [-0.25, -0.2) is 4.98 Å². The predicted molar refractivity (Wildman–Crippen MR) is 114 cm³/mol. The highest BCUT2D eigenvalue weighted by Crippen LogP contribution is 2.37. The monoisotopic (exact) mass is 408 g/mol. The van der Waals surface area contributed by atoms with Crippen molar-refractivity contribution >= 4 is 27.5 Å². The smallest absolute Gasteiger partial charge is 0.254 e. The fourth-order valence-corrected chi connectivity index (χ4v) is 5.24. The van der Waals surface area contributed by atoms with Gasteiger partial charge in [-0.05, 0) is 62.1 Å². The number of hydrogen-bond acceptors (Lipinski definition) is 5. The largest absolute Gasteiger partial charge is 0.491 e. The highest BCUT2D eigenvalue weighted by atomic mass is 32.1. The van der Waals surface area contributed by atoms with E-state index in [1.165, 1.54) is 4.70 Å². The van der Waals surface area contributed by atoms with Gasteiger partial charge in [-0.15, -0.1) is 11.3 Å². The van der Waals surface area contributed by atoms with Gasteiger partial charge in [0.15, 0.2) is 0 Å². The molecule has 5 nitrogen and oxygen atoms in total. The molecule has 1 aromatic heterocycles. The number of amides is 1. The number of hydrogen-bond donors (Lipinski definition) is 0. The number of ether oxygens (including phenoxy) is 2. The highest BCUT2D eigenvalue weighted by molar-refractivity contribution is 7.18. The Morgan fingerprint density at radius 1 is 1.14 bits per heavy atom. The van der Waals surface area contributed by atoms with E-state index < -0.39 is 0 Å². The number of para-hydroxylation sites is 1. The molecule has 0 spiro atoms. The number of carbonyl (C=O) groups excluding carboxylic acids is 1. The molecule has 3 heterocycles. The topological polar surface area (TPSA) is 51.7 Å². The Morgan fingerprint density at radius 2 is 2.00 bits per heavy atom. The van der Waals surface area contributed by atoms with Crippen LogP contribution in [0, 0.1) is 0 Å². The lowest BCUT2D eigenvalue weighted by atomic mass is 10.1. The molecule has 0 N–H and O–H groups in total. The van der Waals surface area contributed by atoms with Gasteiger partial charge >= 0.3 is 0 Å². The van der Waals surface area contributed by atoms with Crippen molar-refractivity contribution in [3.05, 3.63) is 59.1 Å². The minimum absolute atomic E-state index is 0.0651. The summed E-state index contributed by atoms with van der Waals surface area (Å²) < 4.78 is 12.6. The van der Waals surface area contributed by atoms with E-state index in [0.29, 0.717) is 12.2 Å². The van der Waals surface area contributed by atoms with E-state index >= 15 is 0 Å². The van der Waals surface area contributed by atoms with Gasteiger partial charge in [-0.3, -0.25) is 4.79 Å². The number of thiazole rings is 1. The second kappa shape index (κ2) is 8.13. The van der Waals surface area contributed by atoms with Crippen LogP contribution in [0.5, 0.6) is 5.75 Å². The van der Waals surface area contributed by atoms with E-state index in [4.69, 9.17) is 14.5 Å². The molecule has 1 amide bonds. The predicted octanol–water partition coefficient (Wildman–Crippen LogP) is 4.83. The summed E-state index contributed by atoms with van der Waals surface area (Å²) in [5.41, 5.74) is 1.71. The average Bonchev–Trinajstić information content (AvgIpc) is 3.52. The summed E-state index contributed by atoms with van der Waals surface area (Å²) in [5, 5.41) is 1.04. The standard InChI is InChI=1S/C23H24N2O3S/c26-23(16-9-11-17(12-10-16)28-15-18-5-4-14-27-18)25-13-3-7-20(25)22-24-19-6-1-2-8-21(19)29-22/h1-2,6,8-12,18,20H,3-5,7,13-15H2/t18-,20+/m1/s1. The first-order valence-electron chi connectivity index (χ1n) is 10.3. The third-order valence-corrected chi connectivity index (χ3v) is 6.81. The molecule has 2 fully saturated rings. The summed E-state index contributed by atoms with van der Waals surface area (Å²) in [7, 11) is 0. The molecule has 0 radical (unpaired) electrons. The van der Waals surface area contributed by atoms with Gasteiger partial charge in [0.05, 0.1) is 22.4 Å². The molecule has 150 valence electrons. The second-order valence-corrected chi connectivity index (χ2v) is 8.71. The van der Waals surface area contributed by atoms with Gasteiger partial charge in [-0.1, -0.05) is 12.1 Å². The van der Waals surface area contributed by atoms with Crippen LogP contribution in [0.4, 0.5) is 0 Å². The number of fused-ring (bicyclic) bond motifs is 1. The molecule has 2 atom stereocenters. The molecular weight excluding hydrogens is 384 g/mol. The molecule has 0 aliphatic carbocycles. The summed E-state index contributed by atoms with van der Waals surface area (Å²) in [6.45, 7) is 2.17. The summed E-state index contributed by atoms with van der Waals surface area (Å²) in [4.78, 5) is 19.9. The molecular formula is C23H24N2O3S. The summed E-state index contributed by atoms with van der Waals surface area (Å²) in [6, 6.07) is 15.7. The number of nitrogens with zero attached hydrogens (tertiary/aromatic N) is 2. The summed E-state index contributed by atoms with van der Waals surface area (Å²) in [6.07, 6.45) is 4.32. The van der Waals surface area contributed by atoms with Crippen LogP contribution in [0.2, 0.25) is 0 Å². The van der Waals surface area contributed by atoms with Crippen molar-refractivity contribution in [1.82, 2.24) is 9.88 Å². The van der Waals surface area contributed by atoms with Gasteiger partial charge in [0.2, 0.25) is 0 Å². The first-order valence-corrected chi connectivity index (χ1v) is 11.1. The first-order chi connectivity index (χ1) is 14.3. The molecule has 6 heteroatoms. The minimum Gasteiger partial charge on any atom is -0.491 e. The Bertz CT molecular complexity index is 962. The van der Waals surface area contributed by atoms with E-state index in [0.717, 1.165) is 55.1 Å². The Hall–Kier alpha value is -2.44. The molecule has 2 saturated heterocycles. The fourth-order valence-electron chi connectivity index (χ4n) is 4.12. The number of benzene rings is 2. The van der Waals surface area contributed by atoms with Gasteiger partial charge < -0.3 is 14.4 Å². The molecule has 0 bridgehead atoms. The lowest BCUT2D eigenvalue weighted by Gasteiger charge is -2.23. The van der Waals surface area contributed by atoms with Crippen LogP contribution >= 0.6 is 11.3 Å². The van der Waals surface area contributed by atoms with Crippen molar-refractivity contribution < 1.29 is 14.3 Å². The Balaban J connectivity index is 1.28. The van der Waals surface area contributed by atoms with Crippen LogP contribution in [0.25, 0.3) is 10.2 Å². The maximum Gasteiger partial charge on any atom is 0.254 e. The van der Waals surface area contributed by atoms with Crippen molar-refractivity contribution in [2.24, 2.45) is 0 Å². The SMILES string of the molecule is O=C(c1ccc(OC[C@H]2CCCO2)cc1)N1CCC[C@H]1c1nc2ccccc2s1. The highest BCUT2D eigenvalue weighted by Gasteiger charge is 2.32. The van der Waals surface area contributed by atoms with E-state index in [1.807, 2.05) is 47.4 Å². The Labute approximate surface area is 174 Å². The Morgan fingerprint density at radius 3 is 2.79 bits per heavy atom. The van der Waals surface area contributed by atoms with Crippen molar-refractivity contribution in [2.75, 3.05) is 19.8 Å². The van der Waals surface area contributed by atoms with Crippen LogP contribution in [0.15, 0.2) is 48.5 Å².